The molecule has 1 aliphatic rings. The summed E-state index contributed by atoms with van der Waals surface area (Å²) in [4.78, 5) is 13.6. The fraction of sp³-hybridized carbons (Fsp3) is 0.391. The van der Waals surface area contributed by atoms with E-state index in [0.717, 1.165) is 56.5 Å². The van der Waals surface area contributed by atoms with Gasteiger partial charge in [0.25, 0.3) is 0 Å². The van der Waals surface area contributed by atoms with Gasteiger partial charge in [-0.3, -0.25) is 0 Å². The molecule has 158 valence electrons. The van der Waals surface area contributed by atoms with Crippen molar-refractivity contribution in [3.8, 4) is 5.75 Å². The van der Waals surface area contributed by atoms with Gasteiger partial charge in [0.1, 0.15) is 11.6 Å². The number of aromatic nitrogens is 3. The van der Waals surface area contributed by atoms with Gasteiger partial charge in [-0.25, -0.2) is 9.97 Å². The van der Waals surface area contributed by atoms with E-state index in [2.05, 4.69) is 49.8 Å². The van der Waals surface area contributed by atoms with E-state index in [1.54, 1.807) is 7.11 Å². The van der Waals surface area contributed by atoms with E-state index in [1.807, 2.05) is 43.1 Å². The van der Waals surface area contributed by atoms with Crippen molar-refractivity contribution in [2.45, 2.75) is 26.1 Å². The molecule has 1 aliphatic heterocycles. The molecule has 1 atom stereocenters. The van der Waals surface area contributed by atoms with Crippen molar-refractivity contribution < 1.29 is 4.74 Å². The maximum atomic E-state index is 5.54. The van der Waals surface area contributed by atoms with Crippen LogP contribution in [-0.2, 0) is 13.1 Å². The van der Waals surface area contributed by atoms with Crippen molar-refractivity contribution in [1.29, 1.82) is 0 Å². The largest absolute Gasteiger partial charge is 0.495 e. The highest BCUT2D eigenvalue weighted by atomic mass is 16.5. The molecular formula is C23H30N6O. The van der Waals surface area contributed by atoms with Crippen LogP contribution in [0, 0.1) is 0 Å². The standard InChI is InChI=1S/C23H30N6O/c1-19(17-27-11-10-24-18-27)26-16-20-6-5-9-25-23(20)29-14-12-28(13-15-29)21-7-3-4-8-22(21)30-2/h3-11,18-19,26H,12-17H2,1-2H3/t19-/m0/s1. The number of anilines is 2. The Labute approximate surface area is 178 Å². The summed E-state index contributed by atoms with van der Waals surface area (Å²) in [7, 11) is 1.73. The maximum absolute atomic E-state index is 5.54. The molecule has 0 spiro atoms. The number of hydrogen-bond acceptors (Lipinski definition) is 6. The van der Waals surface area contributed by atoms with Crippen LogP contribution in [0.5, 0.6) is 5.75 Å². The van der Waals surface area contributed by atoms with Gasteiger partial charge in [-0.15, -0.1) is 0 Å². The summed E-state index contributed by atoms with van der Waals surface area (Å²) in [6, 6.07) is 12.8. The van der Waals surface area contributed by atoms with Gasteiger partial charge in [0.15, 0.2) is 0 Å². The lowest BCUT2D eigenvalue weighted by Gasteiger charge is -2.38. The minimum Gasteiger partial charge on any atom is -0.495 e. The van der Waals surface area contributed by atoms with Crippen molar-refractivity contribution in [2.75, 3.05) is 43.1 Å². The van der Waals surface area contributed by atoms with Crippen LogP contribution in [0.2, 0.25) is 0 Å². The number of imidazole rings is 1. The first-order valence-electron chi connectivity index (χ1n) is 10.5. The van der Waals surface area contributed by atoms with Gasteiger partial charge < -0.3 is 24.4 Å². The fourth-order valence-electron chi connectivity index (χ4n) is 3.96. The summed E-state index contributed by atoms with van der Waals surface area (Å²) in [5, 5.41) is 3.62. The highest BCUT2D eigenvalue weighted by Crippen LogP contribution is 2.29. The first-order chi connectivity index (χ1) is 14.7. The number of nitrogens with one attached hydrogen (secondary N) is 1. The Kier molecular flexibility index (Phi) is 6.49. The second-order valence-electron chi connectivity index (χ2n) is 7.67. The van der Waals surface area contributed by atoms with Gasteiger partial charge >= 0.3 is 0 Å². The molecule has 0 bridgehead atoms. The van der Waals surface area contributed by atoms with E-state index in [-0.39, 0.29) is 0 Å². The van der Waals surface area contributed by atoms with Crippen LogP contribution < -0.4 is 19.9 Å². The number of methoxy groups -OCH3 is 1. The van der Waals surface area contributed by atoms with Crippen LogP contribution in [0.25, 0.3) is 0 Å². The topological polar surface area (TPSA) is 58.5 Å². The molecule has 0 unspecified atom stereocenters. The van der Waals surface area contributed by atoms with Crippen molar-refractivity contribution in [1.82, 2.24) is 19.9 Å². The Hall–Kier alpha value is -3.06. The van der Waals surface area contributed by atoms with Gasteiger partial charge in [-0.2, -0.15) is 0 Å². The maximum Gasteiger partial charge on any atom is 0.142 e. The third-order valence-corrected chi connectivity index (χ3v) is 5.56. The lowest BCUT2D eigenvalue weighted by atomic mass is 10.2. The fourth-order valence-corrected chi connectivity index (χ4v) is 3.96. The zero-order valence-electron chi connectivity index (χ0n) is 17.7. The molecule has 0 saturated carbocycles. The Morgan fingerprint density at radius 3 is 2.60 bits per heavy atom. The molecule has 7 heteroatoms. The molecule has 3 heterocycles. The summed E-state index contributed by atoms with van der Waals surface area (Å²) in [5.74, 6) is 2.01. The Balaban J connectivity index is 1.37. The number of nitrogens with zero attached hydrogens (tertiary/aromatic N) is 5. The number of pyridine rings is 1. The minimum atomic E-state index is 0.342. The molecule has 1 aromatic carbocycles. The quantitative estimate of drug-likeness (QED) is 0.621. The van der Waals surface area contributed by atoms with Crippen molar-refractivity contribution in [3.63, 3.8) is 0 Å². The van der Waals surface area contributed by atoms with Gasteiger partial charge in [-0.1, -0.05) is 18.2 Å². The highest BCUT2D eigenvalue weighted by Gasteiger charge is 2.22. The summed E-state index contributed by atoms with van der Waals surface area (Å²) in [5.41, 5.74) is 2.40. The van der Waals surface area contributed by atoms with E-state index in [1.165, 1.54) is 5.56 Å². The Bertz CT molecular complexity index is 921. The predicted octanol–water partition coefficient (Wildman–Crippen LogP) is 2.79. The number of piperazine rings is 1. The monoisotopic (exact) mass is 406 g/mol. The molecule has 2 aromatic heterocycles. The highest BCUT2D eigenvalue weighted by molar-refractivity contribution is 5.60. The zero-order chi connectivity index (χ0) is 20.8. The number of benzene rings is 1. The molecule has 1 N–H and O–H groups in total. The summed E-state index contributed by atoms with van der Waals surface area (Å²) in [6.07, 6.45) is 7.56. The minimum absolute atomic E-state index is 0.342. The number of rotatable bonds is 8. The van der Waals surface area contributed by atoms with E-state index < -0.39 is 0 Å². The Morgan fingerprint density at radius 2 is 1.83 bits per heavy atom. The van der Waals surface area contributed by atoms with Gasteiger partial charge in [-0.05, 0) is 25.1 Å². The molecule has 7 nitrogen and oxygen atoms in total. The SMILES string of the molecule is COc1ccccc1N1CCN(c2ncccc2CN[C@@H](C)Cn2ccnc2)CC1. The van der Waals surface area contributed by atoms with Crippen LogP contribution >= 0.6 is 0 Å². The Morgan fingerprint density at radius 1 is 1.03 bits per heavy atom. The molecule has 0 aliphatic carbocycles. The molecule has 0 amide bonds. The first-order valence-corrected chi connectivity index (χ1v) is 10.5. The summed E-state index contributed by atoms with van der Waals surface area (Å²) >= 11 is 0. The lowest BCUT2D eigenvalue weighted by Crippen LogP contribution is -2.47. The number of ether oxygens (including phenoxy) is 1. The lowest BCUT2D eigenvalue weighted by molar-refractivity contribution is 0.413. The normalized spacial score (nSPS) is 15.3. The van der Waals surface area contributed by atoms with Gasteiger partial charge in [0, 0.05) is 69.5 Å². The molecule has 3 aromatic rings. The van der Waals surface area contributed by atoms with Gasteiger partial charge in [0.2, 0.25) is 0 Å². The molecule has 0 radical (unpaired) electrons. The predicted molar refractivity (Wildman–Crippen MR) is 120 cm³/mol. The van der Waals surface area contributed by atoms with Crippen LogP contribution in [0.15, 0.2) is 61.3 Å². The third-order valence-electron chi connectivity index (χ3n) is 5.56. The third kappa shape index (κ3) is 4.74. The van der Waals surface area contributed by atoms with Crippen LogP contribution in [0.4, 0.5) is 11.5 Å². The number of hydrogen-bond donors (Lipinski definition) is 1. The smallest absolute Gasteiger partial charge is 0.142 e. The molecule has 4 rings (SSSR count). The second-order valence-corrected chi connectivity index (χ2v) is 7.67. The molecule has 1 saturated heterocycles. The average Bonchev–Trinajstić information content (AvgIpc) is 3.31. The van der Waals surface area contributed by atoms with Crippen molar-refractivity contribution in [3.05, 3.63) is 66.9 Å². The van der Waals surface area contributed by atoms with E-state index in [9.17, 15) is 0 Å². The second kappa shape index (κ2) is 9.63. The molecular weight excluding hydrogens is 376 g/mol. The number of para-hydroxylation sites is 2. The average molecular weight is 407 g/mol. The summed E-state index contributed by atoms with van der Waals surface area (Å²) in [6.45, 7) is 7.65. The van der Waals surface area contributed by atoms with Crippen molar-refractivity contribution in [2.24, 2.45) is 0 Å². The molecule has 1 fully saturated rings. The molecule has 30 heavy (non-hydrogen) atoms. The van der Waals surface area contributed by atoms with Crippen LogP contribution in [0.1, 0.15) is 12.5 Å². The van der Waals surface area contributed by atoms with Gasteiger partial charge in [0.05, 0.1) is 19.1 Å². The van der Waals surface area contributed by atoms with Crippen LogP contribution in [0.3, 0.4) is 0 Å². The first kappa shape index (κ1) is 20.2. The van der Waals surface area contributed by atoms with E-state index >= 15 is 0 Å². The van der Waals surface area contributed by atoms with Crippen molar-refractivity contribution >= 4 is 11.5 Å². The van der Waals surface area contributed by atoms with E-state index in [4.69, 9.17) is 9.72 Å². The van der Waals surface area contributed by atoms with Crippen LogP contribution in [-0.4, -0.2) is 53.9 Å². The zero-order valence-corrected chi connectivity index (χ0v) is 17.7. The van der Waals surface area contributed by atoms with E-state index in [0.29, 0.717) is 6.04 Å². The summed E-state index contributed by atoms with van der Waals surface area (Å²) < 4.78 is 7.64.